The van der Waals surface area contributed by atoms with E-state index >= 15 is 0 Å². The zero-order valence-electron chi connectivity index (χ0n) is 18.5. The van der Waals surface area contributed by atoms with Crippen molar-refractivity contribution in [1.82, 2.24) is 19.8 Å². The molecule has 1 unspecified atom stereocenters. The smallest absolute Gasteiger partial charge is 0.261 e. The molecular formula is C23H30FN5O2. The average Bonchev–Trinajstić information content (AvgIpc) is 2.77. The standard InChI is InChI=1S/C23H30FN5O2/c1-27(2)23-18-14-28(3)13-11-19(18)25-22(26-23)20-6-4-5-12-29(20)21(30)15-31-17-9-7-16(24)8-10-17/h7-10,20H,4-6,11-15H2,1-3H3. The van der Waals surface area contributed by atoms with Gasteiger partial charge in [-0.15, -0.1) is 0 Å². The van der Waals surface area contributed by atoms with Gasteiger partial charge in [0.1, 0.15) is 17.4 Å². The van der Waals surface area contributed by atoms with E-state index in [9.17, 15) is 9.18 Å². The summed E-state index contributed by atoms with van der Waals surface area (Å²) in [6.45, 7) is 2.38. The minimum Gasteiger partial charge on any atom is -0.484 e. The minimum atomic E-state index is -0.331. The lowest BCUT2D eigenvalue weighted by molar-refractivity contribution is -0.137. The van der Waals surface area contributed by atoms with Crippen LogP contribution in [0.5, 0.6) is 5.75 Å². The number of carbonyl (C=O) groups is 1. The average molecular weight is 428 g/mol. The molecule has 4 rings (SSSR count). The van der Waals surface area contributed by atoms with Crippen molar-refractivity contribution in [3.8, 4) is 5.75 Å². The molecule has 2 aliphatic rings. The molecule has 0 saturated carbocycles. The summed E-state index contributed by atoms with van der Waals surface area (Å²) in [7, 11) is 6.11. The van der Waals surface area contributed by atoms with E-state index in [-0.39, 0.29) is 24.4 Å². The van der Waals surface area contributed by atoms with Crippen molar-refractivity contribution in [2.75, 3.05) is 45.7 Å². The molecule has 1 saturated heterocycles. The van der Waals surface area contributed by atoms with E-state index in [0.29, 0.717) is 12.3 Å². The SMILES string of the molecule is CN1CCc2nc(C3CCCCN3C(=O)COc3ccc(F)cc3)nc(N(C)C)c2C1. The number of ether oxygens (including phenoxy) is 1. The number of likely N-dealkylation sites (N-methyl/N-ethyl adjacent to an activating group) is 1. The van der Waals surface area contributed by atoms with Crippen molar-refractivity contribution in [1.29, 1.82) is 0 Å². The van der Waals surface area contributed by atoms with Gasteiger partial charge < -0.3 is 19.4 Å². The monoisotopic (exact) mass is 427 g/mol. The summed E-state index contributed by atoms with van der Waals surface area (Å²) in [6.07, 6.45) is 3.72. The first-order chi connectivity index (χ1) is 14.9. The molecule has 31 heavy (non-hydrogen) atoms. The van der Waals surface area contributed by atoms with Gasteiger partial charge in [0.25, 0.3) is 5.91 Å². The number of fused-ring (bicyclic) bond motifs is 1. The summed E-state index contributed by atoms with van der Waals surface area (Å²) in [6, 6.07) is 5.56. The molecular weight excluding hydrogens is 397 g/mol. The summed E-state index contributed by atoms with van der Waals surface area (Å²) >= 11 is 0. The van der Waals surface area contributed by atoms with Gasteiger partial charge in [0, 0.05) is 45.7 Å². The lowest BCUT2D eigenvalue weighted by atomic mass is 10.00. The van der Waals surface area contributed by atoms with Gasteiger partial charge in [-0.2, -0.15) is 0 Å². The van der Waals surface area contributed by atoms with Crippen molar-refractivity contribution in [2.24, 2.45) is 0 Å². The highest BCUT2D eigenvalue weighted by Gasteiger charge is 2.32. The number of halogens is 1. The van der Waals surface area contributed by atoms with Crippen LogP contribution in [0.1, 0.15) is 42.4 Å². The van der Waals surface area contributed by atoms with Gasteiger partial charge in [-0.3, -0.25) is 4.79 Å². The van der Waals surface area contributed by atoms with Crippen molar-refractivity contribution in [3.05, 3.63) is 47.2 Å². The maximum absolute atomic E-state index is 13.1. The van der Waals surface area contributed by atoms with E-state index in [1.807, 2.05) is 23.9 Å². The molecule has 0 N–H and O–H groups in total. The van der Waals surface area contributed by atoms with E-state index in [0.717, 1.165) is 56.1 Å². The fraction of sp³-hybridized carbons (Fsp3) is 0.522. The lowest BCUT2D eigenvalue weighted by Gasteiger charge is -2.36. The van der Waals surface area contributed by atoms with Crippen LogP contribution in [0.3, 0.4) is 0 Å². The number of aromatic nitrogens is 2. The molecule has 2 aliphatic heterocycles. The predicted molar refractivity (Wildman–Crippen MR) is 117 cm³/mol. The van der Waals surface area contributed by atoms with Crippen LogP contribution in [-0.4, -0.2) is 66.5 Å². The second kappa shape index (κ2) is 9.18. The Hall–Kier alpha value is -2.74. The first-order valence-electron chi connectivity index (χ1n) is 10.9. The van der Waals surface area contributed by atoms with Crippen molar-refractivity contribution in [2.45, 2.75) is 38.3 Å². The molecule has 0 aliphatic carbocycles. The number of hydrogen-bond acceptors (Lipinski definition) is 6. The van der Waals surface area contributed by atoms with E-state index in [1.165, 1.54) is 29.8 Å². The number of likely N-dealkylation sites (tertiary alicyclic amines) is 1. The largest absolute Gasteiger partial charge is 0.484 e. The second-order valence-electron chi connectivity index (χ2n) is 8.55. The number of benzene rings is 1. The van der Waals surface area contributed by atoms with Crippen LogP contribution in [0.15, 0.2) is 24.3 Å². The van der Waals surface area contributed by atoms with Gasteiger partial charge in [0.2, 0.25) is 0 Å². The zero-order valence-corrected chi connectivity index (χ0v) is 18.5. The van der Waals surface area contributed by atoms with E-state index in [2.05, 4.69) is 11.9 Å². The summed E-state index contributed by atoms with van der Waals surface area (Å²) in [5.41, 5.74) is 2.27. The molecule has 3 heterocycles. The quantitative estimate of drug-likeness (QED) is 0.731. The number of amides is 1. The number of anilines is 1. The Morgan fingerprint density at radius 3 is 2.71 bits per heavy atom. The molecule has 1 fully saturated rings. The minimum absolute atomic E-state index is 0.0849. The molecule has 0 radical (unpaired) electrons. The van der Waals surface area contributed by atoms with E-state index in [4.69, 9.17) is 14.7 Å². The van der Waals surface area contributed by atoms with Crippen LogP contribution >= 0.6 is 0 Å². The van der Waals surface area contributed by atoms with Crippen LogP contribution in [0, 0.1) is 5.82 Å². The summed E-state index contributed by atoms with van der Waals surface area (Å²) in [5.74, 6) is 1.71. The molecule has 166 valence electrons. The molecule has 1 aromatic carbocycles. The van der Waals surface area contributed by atoms with E-state index in [1.54, 1.807) is 0 Å². The Bertz CT molecular complexity index is 934. The molecule has 1 aromatic heterocycles. The van der Waals surface area contributed by atoms with Crippen molar-refractivity contribution in [3.63, 3.8) is 0 Å². The lowest BCUT2D eigenvalue weighted by Crippen LogP contribution is -2.42. The topological polar surface area (TPSA) is 61.8 Å². The van der Waals surface area contributed by atoms with Gasteiger partial charge in [-0.05, 0) is 50.6 Å². The number of rotatable bonds is 5. The third-order valence-electron chi connectivity index (χ3n) is 5.97. The van der Waals surface area contributed by atoms with Gasteiger partial charge in [0.15, 0.2) is 12.4 Å². The fourth-order valence-electron chi connectivity index (χ4n) is 4.33. The van der Waals surface area contributed by atoms with Crippen molar-refractivity contribution >= 4 is 11.7 Å². The third-order valence-corrected chi connectivity index (χ3v) is 5.97. The van der Waals surface area contributed by atoms with Crippen LogP contribution in [0.4, 0.5) is 10.2 Å². The highest BCUT2D eigenvalue weighted by atomic mass is 19.1. The Balaban J connectivity index is 1.56. The Morgan fingerprint density at radius 2 is 1.97 bits per heavy atom. The highest BCUT2D eigenvalue weighted by Crippen LogP contribution is 2.33. The highest BCUT2D eigenvalue weighted by molar-refractivity contribution is 5.78. The number of nitrogens with zero attached hydrogens (tertiary/aromatic N) is 5. The number of piperidine rings is 1. The molecule has 1 amide bonds. The van der Waals surface area contributed by atoms with Crippen LogP contribution in [0.2, 0.25) is 0 Å². The Morgan fingerprint density at radius 1 is 1.19 bits per heavy atom. The summed E-state index contributed by atoms with van der Waals surface area (Å²) < 4.78 is 18.7. The molecule has 0 spiro atoms. The van der Waals surface area contributed by atoms with Crippen LogP contribution < -0.4 is 9.64 Å². The first-order valence-corrected chi connectivity index (χ1v) is 10.9. The molecule has 2 aromatic rings. The fourth-order valence-corrected chi connectivity index (χ4v) is 4.33. The van der Waals surface area contributed by atoms with Crippen LogP contribution in [-0.2, 0) is 17.8 Å². The zero-order chi connectivity index (χ0) is 22.0. The number of hydrogen-bond donors (Lipinski definition) is 0. The van der Waals surface area contributed by atoms with E-state index < -0.39 is 0 Å². The predicted octanol–water partition coefficient (Wildman–Crippen LogP) is 2.80. The van der Waals surface area contributed by atoms with Gasteiger partial charge >= 0.3 is 0 Å². The van der Waals surface area contributed by atoms with Gasteiger partial charge in [-0.25, -0.2) is 14.4 Å². The third kappa shape index (κ3) is 4.79. The Kier molecular flexibility index (Phi) is 6.36. The summed E-state index contributed by atoms with van der Waals surface area (Å²) in [4.78, 5) is 29.0. The normalized spacial score (nSPS) is 19.1. The summed E-state index contributed by atoms with van der Waals surface area (Å²) in [5, 5.41) is 0. The Labute approximate surface area is 182 Å². The van der Waals surface area contributed by atoms with Crippen LogP contribution in [0.25, 0.3) is 0 Å². The maximum Gasteiger partial charge on any atom is 0.261 e. The second-order valence-corrected chi connectivity index (χ2v) is 8.55. The number of carbonyl (C=O) groups excluding carboxylic acids is 1. The first kappa shape index (κ1) is 21.5. The molecule has 7 nitrogen and oxygen atoms in total. The molecule has 1 atom stereocenters. The maximum atomic E-state index is 13.1. The van der Waals surface area contributed by atoms with Crippen molar-refractivity contribution < 1.29 is 13.9 Å². The van der Waals surface area contributed by atoms with Gasteiger partial charge in [0.05, 0.1) is 11.7 Å². The molecule has 8 heteroatoms. The van der Waals surface area contributed by atoms with Gasteiger partial charge in [-0.1, -0.05) is 0 Å². The molecule has 0 bridgehead atoms.